The summed E-state index contributed by atoms with van der Waals surface area (Å²) >= 11 is 0. The van der Waals surface area contributed by atoms with Gasteiger partial charge in [-0.25, -0.2) is 0 Å². The number of methoxy groups -OCH3 is 1. The average molecular weight is 377 g/mol. The van der Waals surface area contributed by atoms with Crippen LogP contribution < -0.4 is 4.74 Å². The maximum absolute atomic E-state index is 10.7. The van der Waals surface area contributed by atoms with Crippen LogP contribution in [0.4, 0.5) is 0 Å². The van der Waals surface area contributed by atoms with Crippen molar-refractivity contribution < 1.29 is 9.84 Å². The van der Waals surface area contributed by atoms with Crippen molar-refractivity contribution in [1.29, 1.82) is 0 Å². The number of phenolic OH excluding ortho intramolecular Hbond substituents is 1. The lowest BCUT2D eigenvalue weighted by Crippen LogP contribution is -1.96. The summed E-state index contributed by atoms with van der Waals surface area (Å²) in [4.78, 5) is 0. The van der Waals surface area contributed by atoms with E-state index in [-0.39, 0.29) is 0 Å². The number of ether oxygens (including phenoxy) is 1. The molecule has 0 aliphatic heterocycles. The molecule has 156 valence electrons. The molecule has 2 nitrogen and oxygen atoms in total. The number of rotatable bonds is 17. The molecule has 0 bridgehead atoms. The van der Waals surface area contributed by atoms with Gasteiger partial charge < -0.3 is 9.84 Å². The molecule has 1 aromatic carbocycles. The number of aryl methyl sites for hydroxylation is 2. The number of benzene rings is 1. The fourth-order valence-corrected chi connectivity index (χ4v) is 3.77. The van der Waals surface area contributed by atoms with E-state index in [0.717, 1.165) is 42.6 Å². The third-order valence-electron chi connectivity index (χ3n) is 5.58. The third kappa shape index (κ3) is 10.7. The molecule has 2 heteroatoms. The van der Waals surface area contributed by atoms with E-state index in [1.165, 1.54) is 77.0 Å². The second kappa shape index (κ2) is 15.8. The number of phenols is 1. The first-order valence-electron chi connectivity index (χ1n) is 11.6. The summed E-state index contributed by atoms with van der Waals surface area (Å²) in [7, 11) is 1.72. The zero-order chi connectivity index (χ0) is 19.7. The Bertz CT molecular complexity index is 442. The van der Waals surface area contributed by atoms with Crippen LogP contribution in [0.2, 0.25) is 0 Å². The lowest BCUT2D eigenvalue weighted by atomic mass is 9.98. The van der Waals surface area contributed by atoms with Gasteiger partial charge in [-0.2, -0.15) is 0 Å². The highest BCUT2D eigenvalue weighted by molar-refractivity contribution is 5.46. The second-order valence-electron chi connectivity index (χ2n) is 8.04. The van der Waals surface area contributed by atoms with Crippen molar-refractivity contribution in [2.24, 2.45) is 0 Å². The van der Waals surface area contributed by atoms with Gasteiger partial charge in [0.15, 0.2) is 0 Å². The highest BCUT2D eigenvalue weighted by Crippen LogP contribution is 2.31. The Hall–Kier alpha value is -1.18. The van der Waals surface area contributed by atoms with Gasteiger partial charge in [0.25, 0.3) is 0 Å². The van der Waals surface area contributed by atoms with E-state index in [4.69, 9.17) is 4.74 Å². The minimum absolute atomic E-state index is 0.521. The van der Waals surface area contributed by atoms with E-state index in [1.807, 2.05) is 12.1 Å². The number of aromatic hydroxyl groups is 1. The third-order valence-corrected chi connectivity index (χ3v) is 5.58. The second-order valence-corrected chi connectivity index (χ2v) is 8.04. The Morgan fingerprint density at radius 1 is 0.630 bits per heavy atom. The summed E-state index contributed by atoms with van der Waals surface area (Å²) in [5.41, 5.74) is 2.14. The van der Waals surface area contributed by atoms with Gasteiger partial charge in [-0.05, 0) is 48.9 Å². The van der Waals surface area contributed by atoms with E-state index >= 15 is 0 Å². The van der Waals surface area contributed by atoms with Gasteiger partial charge >= 0.3 is 0 Å². The van der Waals surface area contributed by atoms with E-state index in [2.05, 4.69) is 13.8 Å². The maximum Gasteiger partial charge on any atom is 0.122 e. The van der Waals surface area contributed by atoms with Crippen LogP contribution in [0.1, 0.15) is 115 Å². The predicted molar refractivity (Wildman–Crippen MR) is 118 cm³/mol. The van der Waals surface area contributed by atoms with Crippen LogP contribution in [-0.2, 0) is 12.8 Å². The first-order valence-corrected chi connectivity index (χ1v) is 11.6. The molecule has 0 atom stereocenters. The molecule has 1 rings (SSSR count). The molecular formula is C25H44O2. The van der Waals surface area contributed by atoms with Gasteiger partial charge in [-0.15, -0.1) is 0 Å². The zero-order valence-corrected chi connectivity index (χ0v) is 18.3. The fourth-order valence-electron chi connectivity index (χ4n) is 3.77. The summed E-state index contributed by atoms with van der Waals surface area (Å²) in [6.07, 6.45) is 20.1. The molecule has 0 aliphatic rings. The smallest absolute Gasteiger partial charge is 0.122 e. The van der Waals surface area contributed by atoms with Crippen molar-refractivity contribution in [2.45, 2.75) is 117 Å². The van der Waals surface area contributed by atoms with Crippen LogP contribution >= 0.6 is 0 Å². The van der Waals surface area contributed by atoms with Crippen molar-refractivity contribution in [3.8, 4) is 11.5 Å². The van der Waals surface area contributed by atoms with Gasteiger partial charge in [-0.3, -0.25) is 0 Å². The topological polar surface area (TPSA) is 29.5 Å². The summed E-state index contributed by atoms with van der Waals surface area (Å²) in [6.45, 7) is 4.52. The molecule has 0 spiro atoms. The van der Waals surface area contributed by atoms with Crippen LogP contribution in [0.15, 0.2) is 12.1 Å². The van der Waals surface area contributed by atoms with Gasteiger partial charge in [0, 0.05) is 0 Å². The van der Waals surface area contributed by atoms with Gasteiger partial charge in [-0.1, -0.05) is 90.9 Å². The zero-order valence-electron chi connectivity index (χ0n) is 18.3. The van der Waals surface area contributed by atoms with Crippen molar-refractivity contribution in [3.63, 3.8) is 0 Å². The summed E-state index contributed by atoms with van der Waals surface area (Å²) < 4.78 is 5.48. The van der Waals surface area contributed by atoms with Crippen LogP contribution in [0, 0.1) is 0 Å². The van der Waals surface area contributed by atoms with Crippen LogP contribution in [-0.4, -0.2) is 12.2 Å². The average Bonchev–Trinajstić information content (AvgIpc) is 2.68. The van der Waals surface area contributed by atoms with E-state index < -0.39 is 0 Å². The molecule has 1 N–H and O–H groups in total. The van der Waals surface area contributed by atoms with E-state index in [0.29, 0.717) is 5.75 Å². The Labute approximate surface area is 168 Å². The molecule has 0 saturated heterocycles. The lowest BCUT2D eigenvalue weighted by Gasteiger charge is -2.13. The molecule has 0 aliphatic carbocycles. The standard InChI is InChI=1S/C25H44O2/c1-4-6-8-10-12-14-16-18-22-20-24(27-3)21-23(25(22)26)19-17-15-13-11-9-7-5-2/h20-21,26H,4-19H2,1-3H3. The quantitative estimate of drug-likeness (QED) is 0.279. The number of hydrogen-bond donors (Lipinski definition) is 1. The Morgan fingerprint density at radius 3 is 1.37 bits per heavy atom. The monoisotopic (exact) mass is 376 g/mol. The predicted octanol–water partition coefficient (Wildman–Crippen LogP) is 7.99. The van der Waals surface area contributed by atoms with E-state index in [9.17, 15) is 5.11 Å². The molecule has 0 radical (unpaired) electrons. The minimum Gasteiger partial charge on any atom is -0.507 e. The Balaban J connectivity index is 2.41. The van der Waals surface area contributed by atoms with Crippen molar-refractivity contribution in [1.82, 2.24) is 0 Å². The first kappa shape index (κ1) is 23.9. The number of hydrogen-bond acceptors (Lipinski definition) is 2. The summed E-state index contributed by atoms with van der Waals surface area (Å²) in [5, 5.41) is 10.7. The van der Waals surface area contributed by atoms with Gasteiger partial charge in [0.2, 0.25) is 0 Å². The molecule has 0 heterocycles. The maximum atomic E-state index is 10.7. The summed E-state index contributed by atoms with van der Waals surface area (Å²) in [6, 6.07) is 4.06. The highest BCUT2D eigenvalue weighted by atomic mass is 16.5. The SMILES string of the molecule is CCCCCCCCCc1cc(OC)cc(CCCCCCCCC)c1O. The molecule has 27 heavy (non-hydrogen) atoms. The molecule has 0 saturated carbocycles. The minimum atomic E-state index is 0.521. The van der Waals surface area contributed by atoms with Crippen molar-refractivity contribution in [2.75, 3.05) is 7.11 Å². The Morgan fingerprint density at radius 2 is 1.00 bits per heavy atom. The largest absolute Gasteiger partial charge is 0.507 e. The molecule has 0 amide bonds. The summed E-state index contributed by atoms with van der Waals surface area (Å²) in [5.74, 6) is 1.41. The first-order chi connectivity index (χ1) is 13.2. The number of unbranched alkanes of at least 4 members (excludes halogenated alkanes) is 12. The van der Waals surface area contributed by atoms with Crippen LogP contribution in [0.25, 0.3) is 0 Å². The molecule has 0 aromatic heterocycles. The molecule has 0 fully saturated rings. The molecule has 1 aromatic rings. The van der Waals surface area contributed by atoms with Crippen molar-refractivity contribution in [3.05, 3.63) is 23.3 Å². The van der Waals surface area contributed by atoms with Gasteiger partial charge in [0.05, 0.1) is 7.11 Å². The molecular weight excluding hydrogens is 332 g/mol. The highest BCUT2D eigenvalue weighted by Gasteiger charge is 2.10. The van der Waals surface area contributed by atoms with E-state index in [1.54, 1.807) is 7.11 Å². The van der Waals surface area contributed by atoms with Crippen molar-refractivity contribution >= 4 is 0 Å². The normalized spacial score (nSPS) is 11.1. The molecule has 0 unspecified atom stereocenters. The Kier molecular flexibility index (Phi) is 14.0. The van der Waals surface area contributed by atoms with Gasteiger partial charge in [0.1, 0.15) is 11.5 Å². The lowest BCUT2D eigenvalue weighted by molar-refractivity contribution is 0.408. The van der Waals surface area contributed by atoms with Crippen LogP contribution in [0.5, 0.6) is 11.5 Å². The van der Waals surface area contributed by atoms with Crippen LogP contribution in [0.3, 0.4) is 0 Å². The fraction of sp³-hybridized carbons (Fsp3) is 0.760.